The molecule has 148 valence electrons. The lowest BCUT2D eigenvalue weighted by Gasteiger charge is -2.45. The van der Waals surface area contributed by atoms with Gasteiger partial charge in [0.2, 0.25) is 0 Å². The standard InChI is InChI=1S/C18H27ClN2O2S.C2H6/c1-24(22)13-18-11-21(16-6-8-20-9-7-16)17(12-23-18)10-14-2-4-15(19)5-3-14;1-2/h2-5,16-18,20H,6-13H2,1H3;1-2H3. The predicted molar refractivity (Wildman–Crippen MR) is 112 cm³/mol. The average Bonchev–Trinajstić information content (AvgIpc) is 2.67. The largest absolute Gasteiger partial charge is 0.374 e. The molecule has 1 aromatic rings. The Balaban J connectivity index is 0.00000117. The number of nitrogens with one attached hydrogen (secondary N) is 1. The zero-order chi connectivity index (χ0) is 18.9. The minimum Gasteiger partial charge on any atom is -0.374 e. The predicted octanol–water partition coefficient (Wildman–Crippen LogP) is 3.11. The van der Waals surface area contributed by atoms with E-state index in [9.17, 15) is 4.21 Å². The number of benzene rings is 1. The molecule has 3 rings (SSSR count). The zero-order valence-corrected chi connectivity index (χ0v) is 17.8. The van der Waals surface area contributed by atoms with E-state index in [-0.39, 0.29) is 6.10 Å². The van der Waals surface area contributed by atoms with Gasteiger partial charge in [0, 0.05) is 40.7 Å². The maximum Gasteiger partial charge on any atom is 0.0817 e. The van der Waals surface area contributed by atoms with E-state index in [0.29, 0.717) is 24.4 Å². The summed E-state index contributed by atoms with van der Waals surface area (Å²) in [7, 11) is -0.813. The number of piperidine rings is 1. The second-order valence-corrected chi connectivity index (χ2v) is 8.77. The summed E-state index contributed by atoms with van der Waals surface area (Å²) >= 11 is 6.00. The highest BCUT2D eigenvalue weighted by atomic mass is 35.5. The minimum atomic E-state index is -0.813. The Hall–Kier alpha value is -0.460. The van der Waals surface area contributed by atoms with Gasteiger partial charge in [0.15, 0.2) is 0 Å². The SMILES string of the molecule is CC.CS(=O)CC1CN(C2CCNCC2)C(Cc2ccc(Cl)cc2)CO1. The molecule has 0 saturated carbocycles. The first kappa shape index (κ1) is 21.8. The van der Waals surface area contributed by atoms with E-state index >= 15 is 0 Å². The average molecular weight is 401 g/mol. The Morgan fingerprint density at radius 1 is 1.23 bits per heavy atom. The molecule has 1 N–H and O–H groups in total. The van der Waals surface area contributed by atoms with Crippen LogP contribution in [0.3, 0.4) is 0 Å². The lowest BCUT2D eigenvalue weighted by molar-refractivity contribution is -0.0736. The van der Waals surface area contributed by atoms with E-state index in [2.05, 4.69) is 22.3 Å². The molecular formula is C20H33ClN2O2S. The molecule has 3 atom stereocenters. The molecule has 2 saturated heterocycles. The van der Waals surface area contributed by atoms with Gasteiger partial charge < -0.3 is 10.1 Å². The number of morpholine rings is 1. The van der Waals surface area contributed by atoms with E-state index in [1.54, 1.807) is 6.26 Å². The Kier molecular flexibility index (Phi) is 9.57. The third-order valence-corrected chi connectivity index (χ3v) is 6.08. The van der Waals surface area contributed by atoms with E-state index in [1.165, 1.54) is 18.4 Å². The van der Waals surface area contributed by atoms with Gasteiger partial charge in [-0.25, -0.2) is 0 Å². The van der Waals surface area contributed by atoms with Gasteiger partial charge in [-0.1, -0.05) is 37.6 Å². The van der Waals surface area contributed by atoms with Gasteiger partial charge >= 0.3 is 0 Å². The smallest absolute Gasteiger partial charge is 0.0817 e. The molecule has 26 heavy (non-hydrogen) atoms. The van der Waals surface area contributed by atoms with Crippen LogP contribution in [0, 0.1) is 0 Å². The molecule has 0 bridgehead atoms. The van der Waals surface area contributed by atoms with E-state index in [1.807, 2.05) is 26.0 Å². The van der Waals surface area contributed by atoms with Crippen molar-refractivity contribution in [1.82, 2.24) is 10.2 Å². The molecule has 1 aromatic carbocycles. The second-order valence-electron chi connectivity index (χ2n) is 6.86. The fourth-order valence-electron chi connectivity index (χ4n) is 3.80. The highest BCUT2D eigenvalue weighted by Gasteiger charge is 2.34. The van der Waals surface area contributed by atoms with Gasteiger partial charge in [0.1, 0.15) is 0 Å². The van der Waals surface area contributed by atoms with Crippen molar-refractivity contribution in [2.75, 3.05) is 38.2 Å². The summed E-state index contributed by atoms with van der Waals surface area (Å²) < 4.78 is 17.6. The van der Waals surface area contributed by atoms with Crippen molar-refractivity contribution in [3.05, 3.63) is 34.9 Å². The molecule has 2 fully saturated rings. The molecule has 3 unspecified atom stereocenters. The van der Waals surface area contributed by atoms with Crippen LogP contribution in [0.15, 0.2) is 24.3 Å². The Labute approximate surface area is 166 Å². The van der Waals surface area contributed by atoms with Crippen LogP contribution in [-0.4, -0.2) is 65.5 Å². The maximum atomic E-state index is 11.6. The van der Waals surface area contributed by atoms with Crippen molar-refractivity contribution in [3.8, 4) is 0 Å². The fraction of sp³-hybridized carbons (Fsp3) is 0.700. The van der Waals surface area contributed by atoms with Gasteiger partial charge in [-0.15, -0.1) is 0 Å². The molecule has 0 aromatic heterocycles. The minimum absolute atomic E-state index is 0.0900. The lowest BCUT2D eigenvalue weighted by atomic mass is 9.97. The number of ether oxygens (including phenoxy) is 1. The van der Waals surface area contributed by atoms with Gasteiger partial charge in [0.25, 0.3) is 0 Å². The number of rotatable bonds is 5. The van der Waals surface area contributed by atoms with Gasteiger partial charge in [-0.3, -0.25) is 9.11 Å². The van der Waals surface area contributed by atoms with Crippen molar-refractivity contribution < 1.29 is 8.95 Å². The van der Waals surface area contributed by atoms with E-state index < -0.39 is 10.8 Å². The topological polar surface area (TPSA) is 41.6 Å². The molecule has 0 radical (unpaired) electrons. The van der Waals surface area contributed by atoms with Crippen LogP contribution in [0.2, 0.25) is 5.02 Å². The highest BCUT2D eigenvalue weighted by molar-refractivity contribution is 7.84. The molecule has 0 spiro atoms. The Morgan fingerprint density at radius 3 is 2.50 bits per heavy atom. The molecule has 2 aliphatic rings. The number of halogens is 1. The fourth-order valence-corrected chi connectivity index (χ4v) is 4.65. The van der Waals surface area contributed by atoms with Gasteiger partial charge in [-0.2, -0.15) is 0 Å². The van der Waals surface area contributed by atoms with Crippen LogP contribution < -0.4 is 5.32 Å². The summed E-state index contributed by atoms with van der Waals surface area (Å²) in [6.45, 7) is 7.77. The van der Waals surface area contributed by atoms with Crippen LogP contribution in [-0.2, 0) is 22.0 Å². The first-order chi connectivity index (χ1) is 12.6. The van der Waals surface area contributed by atoms with Crippen molar-refractivity contribution in [1.29, 1.82) is 0 Å². The molecule has 0 aliphatic carbocycles. The van der Waals surface area contributed by atoms with Crippen molar-refractivity contribution >= 4 is 22.4 Å². The molecule has 6 heteroatoms. The first-order valence-electron chi connectivity index (χ1n) is 9.74. The zero-order valence-electron chi connectivity index (χ0n) is 16.2. The monoisotopic (exact) mass is 400 g/mol. The second kappa shape index (κ2) is 11.4. The quantitative estimate of drug-likeness (QED) is 0.824. The van der Waals surface area contributed by atoms with Gasteiger partial charge in [-0.05, 0) is 50.0 Å². The molecular weight excluding hydrogens is 368 g/mol. The lowest BCUT2D eigenvalue weighted by Crippen LogP contribution is -2.57. The summed E-state index contributed by atoms with van der Waals surface area (Å²) in [5.74, 6) is 0.634. The highest BCUT2D eigenvalue weighted by Crippen LogP contribution is 2.24. The Morgan fingerprint density at radius 2 is 1.88 bits per heavy atom. The number of nitrogens with zero attached hydrogens (tertiary/aromatic N) is 1. The number of hydrogen-bond donors (Lipinski definition) is 1. The third kappa shape index (κ3) is 6.61. The van der Waals surface area contributed by atoms with Crippen LogP contribution in [0.4, 0.5) is 0 Å². The summed E-state index contributed by atoms with van der Waals surface area (Å²) in [5, 5.41) is 4.22. The summed E-state index contributed by atoms with van der Waals surface area (Å²) in [6, 6.07) is 9.11. The summed E-state index contributed by atoms with van der Waals surface area (Å²) in [6.07, 6.45) is 5.19. The van der Waals surface area contributed by atoms with Gasteiger partial charge in [0.05, 0.1) is 18.5 Å². The molecule has 2 aliphatic heterocycles. The van der Waals surface area contributed by atoms with Crippen LogP contribution in [0.25, 0.3) is 0 Å². The normalized spacial score (nSPS) is 26.0. The number of hydrogen-bond acceptors (Lipinski definition) is 4. The summed E-state index contributed by atoms with van der Waals surface area (Å²) in [5.41, 5.74) is 1.30. The molecule has 4 nitrogen and oxygen atoms in total. The first-order valence-corrected chi connectivity index (χ1v) is 11.8. The Bertz CT molecular complexity index is 549. The molecule has 2 heterocycles. The van der Waals surface area contributed by atoms with E-state index in [0.717, 1.165) is 31.1 Å². The van der Waals surface area contributed by atoms with E-state index in [4.69, 9.17) is 16.3 Å². The van der Waals surface area contributed by atoms with Crippen LogP contribution >= 0.6 is 11.6 Å². The summed E-state index contributed by atoms with van der Waals surface area (Å²) in [4.78, 5) is 2.62. The van der Waals surface area contributed by atoms with Crippen LogP contribution in [0.1, 0.15) is 32.3 Å². The van der Waals surface area contributed by atoms with Crippen molar-refractivity contribution in [3.63, 3.8) is 0 Å². The maximum absolute atomic E-state index is 11.6. The third-order valence-electron chi connectivity index (χ3n) is 4.99. The molecule has 0 amide bonds. The van der Waals surface area contributed by atoms with Crippen molar-refractivity contribution in [2.45, 2.75) is 51.3 Å². The van der Waals surface area contributed by atoms with Crippen LogP contribution in [0.5, 0.6) is 0 Å². The van der Waals surface area contributed by atoms with Crippen molar-refractivity contribution in [2.24, 2.45) is 0 Å².